The van der Waals surface area contributed by atoms with Crippen LogP contribution in [0.4, 0.5) is 18.9 Å². The van der Waals surface area contributed by atoms with Crippen molar-refractivity contribution in [2.75, 3.05) is 5.32 Å². The number of carbonyl (C=O) groups excluding carboxylic acids is 1. The fourth-order valence-electron chi connectivity index (χ4n) is 5.22. The van der Waals surface area contributed by atoms with Crippen LogP contribution in [0.2, 0.25) is 5.02 Å². The van der Waals surface area contributed by atoms with Crippen molar-refractivity contribution < 1.29 is 41.7 Å². The predicted octanol–water partition coefficient (Wildman–Crippen LogP) is 3.44. The van der Waals surface area contributed by atoms with Gasteiger partial charge in [-0.2, -0.15) is 0 Å². The molecule has 2 aromatic carbocycles. The van der Waals surface area contributed by atoms with Gasteiger partial charge < -0.3 is 20.6 Å². The van der Waals surface area contributed by atoms with Gasteiger partial charge >= 0.3 is 0 Å². The molecule has 3 aliphatic carbocycles. The van der Waals surface area contributed by atoms with Crippen LogP contribution in [0.1, 0.15) is 43.0 Å². The number of aliphatic hydroxyl groups excluding tert-OH is 2. The number of halogens is 4. The monoisotopic (exact) mass is 547 g/mol. The second-order valence-corrected chi connectivity index (χ2v) is 12.2. The minimum atomic E-state index is -4.04. The summed E-state index contributed by atoms with van der Waals surface area (Å²) in [5, 5.41) is 31.8. The van der Waals surface area contributed by atoms with E-state index >= 15 is 0 Å². The van der Waals surface area contributed by atoms with Gasteiger partial charge in [0, 0.05) is 29.8 Å². The Labute approximate surface area is 210 Å². The van der Waals surface area contributed by atoms with E-state index in [0.717, 1.165) is 6.07 Å². The van der Waals surface area contributed by atoms with E-state index in [1.54, 1.807) is 0 Å². The minimum absolute atomic E-state index is 0.0618. The number of nitrogens with one attached hydrogen (secondary N) is 1. The molecular formula is C24H25ClF3NO6S. The summed E-state index contributed by atoms with van der Waals surface area (Å²) < 4.78 is 67.0. The summed E-state index contributed by atoms with van der Waals surface area (Å²) in [6, 6.07) is 4.70. The molecule has 0 saturated heterocycles. The summed E-state index contributed by atoms with van der Waals surface area (Å²) in [7, 11) is -4.04. The number of aliphatic hydroxyl groups is 3. The molecule has 5 rings (SSSR count). The highest BCUT2D eigenvalue weighted by molar-refractivity contribution is 7.92. The number of anilines is 1. The van der Waals surface area contributed by atoms with Crippen molar-refractivity contribution >= 4 is 33.0 Å². The summed E-state index contributed by atoms with van der Waals surface area (Å²) in [5.41, 5.74) is -1.78. The summed E-state index contributed by atoms with van der Waals surface area (Å²) in [6.07, 6.45) is -1.42. The molecule has 5 unspecified atom stereocenters. The molecule has 0 heterocycles. The van der Waals surface area contributed by atoms with Crippen LogP contribution >= 0.6 is 11.6 Å². The van der Waals surface area contributed by atoms with Crippen molar-refractivity contribution in [3.63, 3.8) is 0 Å². The standard InChI is InChI=1S/C24H25ClF3NO6S/c1-11(30)20(31)10-24(33)13-5-14(24)7-16(6-13)36(34,35)21-4-12(2-3-17(21)25)23(32)29-15-8-18(26)22(28)19(27)9-15/h2-4,8-9,11,13-14,16,20,30-31,33H,5-7,10H2,1H3,(H,29,32)/t11?,13-,14?,16?,20?,24?/m0/s1. The van der Waals surface area contributed by atoms with E-state index in [1.165, 1.54) is 19.1 Å². The smallest absolute Gasteiger partial charge is 0.255 e. The summed E-state index contributed by atoms with van der Waals surface area (Å²) in [5.74, 6) is -6.36. The maximum atomic E-state index is 13.5. The van der Waals surface area contributed by atoms with Crippen LogP contribution in [0.5, 0.6) is 0 Å². The molecule has 3 fully saturated rings. The molecule has 0 aliphatic heterocycles. The Morgan fingerprint density at radius 2 is 1.69 bits per heavy atom. The maximum absolute atomic E-state index is 13.5. The number of sulfone groups is 1. The van der Waals surface area contributed by atoms with Crippen molar-refractivity contribution in [1.29, 1.82) is 0 Å². The third kappa shape index (κ3) is 4.74. The number of hydrogen-bond acceptors (Lipinski definition) is 6. The lowest BCUT2D eigenvalue weighted by molar-refractivity contribution is -0.199. The van der Waals surface area contributed by atoms with Crippen molar-refractivity contribution in [3.05, 3.63) is 58.4 Å². The molecule has 0 radical (unpaired) electrons. The lowest BCUT2D eigenvalue weighted by Gasteiger charge is -2.59. The first-order chi connectivity index (χ1) is 16.7. The lowest BCUT2D eigenvalue weighted by Crippen LogP contribution is -2.63. The van der Waals surface area contributed by atoms with Gasteiger partial charge in [-0.15, -0.1) is 0 Å². The third-order valence-electron chi connectivity index (χ3n) is 7.35. The van der Waals surface area contributed by atoms with E-state index < -0.39 is 68.1 Å². The van der Waals surface area contributed by atoms with E-state index in [-0.39, 0.29) is 40.4 Å². The van der Waals surface area contributed by atoms with Crippen molar-refractivity contribution in [1.82, 2.24) is 0 Å². The Balaban J connectivity index is 1.53. The van der Waals surface area contributed by atoms with Crippen molar-refractivity contribution in [2.24, 2.45) is 11.8 Å². The van der Waals surface area contributed by atoms with E-state index in [2.05, 4.69) is 5.32 Å². The normalized spacial score (nSPS) is 27.2. The van der Waals surface area contributed by atoms with E-state index in [9.17, 15) is 41.7 Å². The Bertz CT molecular complexity index is 1270. The van der Waals surface area contributed by atoms with Crippen LogP contribution in [-0.2, 0) is 9.84 Å². The number of carbonyl (C=O) groups is 1. The van der Waals surface area contributed by atoms with Gasteiger partial charge in [0.2, 0.25) is 0 Å². The Morgan fingerprint density at radius 3 is 2.25 bits per heavy atom. The second kappa shape index (κ2) is 9.60. The Kier molecular flexibility index (Phi) is 7.17. The van der Waals surface area contributed by atoms with Crippen molar-refractivity contribution in [3.8, 4) is 0 Å². The average molecular weight is 548 g/mol. The number of hydrogen-bond donors (Lipinski definition) is 4. The molecule has 3 aliphatic rings. The number of benzene rings is 2. The second-order valence-electron chi connectivity index (χ2n) is 9.62. The van der Waals surface area contributed by atoms with E-state index in [1.807, 2.05) is 0 Å². The predicted molar refractivity (Wildman–Crippen MR) is 125 cm³/mol. The highest BCUT2D eigenvalue weighted by atomic mass is 35.5. The zero-order valence-electron chi connectivity index (χ0n) is 19.1. The topological polar surface area (TPSA) is 124 Å². The van der Waals surface area contributed by atoms with Crippen LogP contribution in [0.25, 0.3) is 0 Å². The zero-order chi connectivity index (χ0) is 26.6. The molecule has 12 heteroatoms. The Hall–Kier alpha value is -2.18. The SMILES string of the molecule is CC(O)C(O)CC1(O)C2CC(S(=O)(=O)c3cc(C(=O)Nc4cc(F)c(F)c(F)c4)ccc3Cl)C[C@@H]1C2. The van der Waals surface area contributed by atoms with Crippen LogP contribution in [0.15, 0.2) is 35.2 Å². The zero-order valence-corrected chi connectivity index (χ0v) is 20.7. The van der Waals surface area contributed by atoms with Gasteiger partial charge in [-0.1, -0.05) is 11.6 Å². The average Bonchev–Trinajstić information content (AvgIpc) is 2.82. The van der Waals surface area contributed by atoms with E-state index in [4.69, 9.17) is 11.6 Å². The van der Waals surface area contributed by atoms with Crippen LogP contribution in [0.3, 0.4) is 0 Å². The summed E-state index contributed by atoms with van der Waals surface area (Å²) >= 11 is 6.17. The first-order valence-corrected chi connectivity index (χ1v) is 13.2. The maximum Gasteiger partial charge on any atom is 0.255 e. The highest BCUT2D eigenvalue weighted by Crippen LogP contribution is 2.57. The Morgan fingerprint density at radius 1 is 1.11 bits per heavy atom. The first kappa shape index (κ1) is 26.9. The van der Waals surface area contributed by atoms with Crippen LogP contribution in [-0.4, -0.2) is 52.7 Å². The third-order valence-corrected chi connectivity index (χ3v) is 10.0. The highest BCUT2D eigenvalue weighted by Gasteiger charge is 2.60. The summed E-state index contributed by atoms with van der Waals surface area (Å²) in [4.78, 5) is 12.3. The van der Waals surface area contributed by atoms with Gasteiger partial charge in [-0.25, -0.2) is 21.6 Å². The lowest BCUT2D eigenvalue weighted by atomic mass is 9.52. The fraction of sp³-hybridized carbons (Fsp3) is 0.458. The summed E-state index contributed by atoms with van der Waals surface area (Å²) in [6.45, 7) is 1.41. The van der Waals surface area contributed by atoms with Crippen LogP contribution in [0, 0.1) is 29.3 Å². The number of rotatable bonds is 7. The number of fused-ring (bicyclic) bond motifs is 2. The van der Waals surface area contributed by atoms with Crippen molar-refractivity contribution in [2.45, 2.75) is 60.6 Å². The molecule has 0 aromatic heterocycles. The molecule has 4 N–H and O–H groups in total. The molecule has 196 valence electrons. The molecule has 6 atom stereocenters. The first-order valence-electron chi connectivity index (χ1n) is 11.3. The van der Waals surface area contributed by atoms with E-state index in [0.29, 0.717) is 18.6 Å². The molecule has 7 nitrogen and oxygen atoms in total. The van der Waals surface area contributed by atoms with Gasteiger partial charge in [0.05, 0.1) is 33.0 Å². The van der Waals surface area contributed by atoms with Gasteiger partial charge in [-0.05, 0) is 56.2 Å². The number of amides is 1. The molecular weight excluding hydrogens is 523 g/mol. The molecule has 2 aromatic rings. The quantitative estimate of drug-likeness (QED) is 0.394. The largest absolute Gasteiger partial charge is 0.391 e. The minimum Gasteiger partial charge on any atom is -0.391 e. The molecule has 36 heavy (non-hydrogen) atoms. The molecule has 1 amide bonds. The van der Waals surface area contributed by atoms with Gasteiger partial charge in [-0.3, -0.25) is 4.79 Å². The van der Waals surface area contributed by atoms with Gasteiger partial charge in [0.25, 0.3) is 5.91 Å². The van der Waals surface area contributed by atoms with Crippen LogP contribution < -0.4 is 5.32 Å². The van der Waals surface area contributed by atoms with Gasteiger partial charge in [0.15, 0.2) is 27.3 Å². The molecule has 0 spiro atoms. The molecule has 2 bridgehead atoms. The fourth-order valence-corrected chi connectivity index (χ4v) is 7.62. The molecule has 3 saturated carbocycles. The van der Waals surface area contributed by atoms with Gasteiger partial charge in [0.1, 0.15) is 0 Å².